The summed E-state index contributed by atoms with van der Waals surface area (Å²) in [6.45, 7) is 1.48. The summed E-state index contributed by atoms with van der Waals surface area (Å²) in [4.78, 5) is 0. The number of hydrogen-bond acceptors (Lipinski definition) is 5. The zero-order chi connectivity index (χ0) is 10.9. The van der Waals surface area contributed by atoms with E-state index in [2.05, 4.69) is 20.7 Å². The highest BCUT2D eigenvalue weighted by Gasteiger charge is 1.95. The maximum Gasteiger partial charge on any atom is 0.139 e. The predicted molar refractivity (Wildman–Crippen MR) is 56.4 cm³/mol. The van der Waals surface area contributed by atoms with Gasteiger partial charge in [-0.05, 0) is 25.1 Å². The molecule has 0 bridgehead atoms. The Morgan fingerprint density at radius 2 is 2.47 bits per heavy atom. The zero-order valence-electron chi connectivity index (χ0n) is 8.43. The van der Waals surface area contributed by atoms with Gasteiger partial charge in [-0.2, -0.15) is 10.2 Å². The molecular formula is C9H15N5O. The van der Waals surface area contributed by atoms with E-state index in [-0.39, 0.29) is 5.84 Å². The molecule has 0 unspecified atom stereocenters. The molecule has 6 heteroatoms. The largest absolute Gasteiger partial charge is 0.409 e. The van der Waals surface area contributed by atoms with Gasteiger partial charge in [0.05, 0.1) is 5.69 Å². The number of hydrogen-bond donors (Lipinski definition) is 3. The smallest absolute Gasteiger partial charge is 0.139 e. The van der Waals surface area contributed by atoms with Crippen molar-refractivity contribution in [2.45, 2.75) is 19.4 Å². The second-order valence-electron chi connectivity index (χ2n) is 3.09. The molecule has 0 fully saturated rings. The first-order chi connectivity index (χ1) is 7.33. The van der Waals surface area contributed by atoms with Crippen LogP contribution in [0.15, 0.2) is 23.5 Å². The van der Waals surface area contributed by atoms with Gasteiger partial charge in [-0.1, -0.05) is 5.16 Å². The summed E-state index contributed by atoms with van der Waals surface area (Å²) in [5, 5.41) is 22.1. The molecule has 0 aliphatic rings. The summed E-state index contributed by atoms with van der Waals surface area (Å²) in [6, 6.07) is 3.75. The van der Waals surface area contributed by atoms with E-state index in [9.17, 15) is 0 Å². The minimum atomic E-state index is 0.260. The van der Waals surface area contributed by atoms with E-state index in [1.807, 2.05) is 12.1 Å². The lowest BCUT2D eigenvalue weighted by Crippen LogP contribution is -2.19. The SMILES string of the molecule is N/C(CCCNCc1cccnn1)=N/O. The van der Waals surface area contributed by atoms with Crippen molar-refractivity contribution in [3.63, 3.8) is 0 Å². The quantitative estimate of drug-likeness (QED) is 0.203. The van der Waals surface area contributed by atoms with Crippen molar-refractivity contribution < 1.29 is 5.21 Å². The molecule has 0 aromatic carbocycles. The van der Waals surface area contributed by atoms with Crippen LogP contribution in [0.4, 0.5) is 0 Å². The maximum absolute atomic E-state index is 8.29. The van der Waals surface area contributed by atoms with Crippen LogP contribution in [0.5, 0.6) is 0 Å². The van der Waals surface area contributed by atoms with Crippen LogP contribution in [0.1, 0.15) is 18.5 Å². The van der Waals surface area contributed by atoms with Crippen molar-refractivity contribution in [3.05, 3.63) is 24.0 Å². The molecule has 1 heterocycles. The topological polar surface area (TPSA) is 96.4 Å². The molecule has 15 heavy (non-hydrogen) atoms. The number of oxime groups is 1. The highest BCUT2D eigenvalue weighted by Crippen LogP contribution is 1.91. The van der Waals surface area contributed by atoms with Gasteiger partial charge >= 0.3 is 0 Å². The highest BCUT2D eigenvalue weighted by molar-refractivity contribution is 5.79. The second-order valence-corrected chi connectivity index (χ2v) is 3.09. The summed E-state index contributed by atoms with van der Waals surface area (Å²) in [5.74, 6) is 0.260. The molecule has 1 aromatic heterocycles. The van der Waals surface area contributed by atoms with Crippen LogP contribution >= 0.6 is 0 Å². The molecule has 6 nitrogen and oxygen atoms in total. The Bertz CT molecular complexity index is 301. The first-order valence-corrected chi connectivity index (χ1v) is 4.76. The molecule has 0 aliphatic heterocycles. The van der Waals surface area contributed by atoms with Gasteiger partial charge in [-0.3, -0.25) is 0 Å². The number of nitrogens with zero attached hydrogens (tertiary/aromatic N) is 3. The fraction of sp³-hybridized carbons (Fsp3) is 0.444. The maximum atomic E-state index is 8.29. The molecule has 0 aliphatic carbocycles. The lowest BCUT2D eigenvalue weighted by atomic mass is 10.3. The van der Waals surface area contributed by atoms with Gasteiger partial charge in [0.1, 0.15) is 5.84 Å². The van der Waals surface area contributed by atoms with Gasteiger partial charge in [-0.15, -0.1) is 0 Å². The van der Waals surface area contributed by atoms with E-state index < -0.39 is 0 Å². The van der Waals surface area contributed by atoms with Gasteiger partial charge < -0.3 is 16.3 Å². The predicted octanol–water partition coefficient (Wildman–Crippen LogP) is 0.0928. The summed E-state index contributed by atoms with van der Waals surface area (Å²) in [5.41, 5.74) is 6.22. The number of nitrogens with one attached hydrogen (secondary N) is 1. The lowest BCUT2D eigenvalue weighted by Gasteiger charge is -2.02. The molecule has 0 amide bonds. The molecule has 1 aromatic rings. The van der Waals surface area contributed by atoms with Crippen molar-refractivity contribution in [1.82, 2.24) is 15.5 Å². The van der Waals surface area contributed by atoms with E-state index in [1.54, 1.807) is 6.20 Å². The molecule has 4 N–H and O–H groups in total. The van der Waals surface area contributed by atoms with Crippen LogP contribution in [0, 0.1) is 0 Å². The third-order valence-corrected chi connectivity index (χ3v) is 1.85. The molecule has 0 spiro atoms. The van der Waals surface area contributed by atoms with Crippen LogP contribution in [0.25, 0.3) is 0 Å². The minimum absolute atomic E-state index is 0.260. The molecule has 0 saturated heterocycles. The average Bonchev–Trinajstić information content (AvgIpc) is 2.29. The molecular weight excluding hydrogens is 194 g/mol. The third kappa shape index (κ3) is 4.92. The highest BCUT2D eigenvalue weighted by atomic mass is 16.4. The van der Waals surface area contributed by atoms with E-state index in [1.165, 1.54) is 0 Å². The Kier molecular flexibility index (Phi) is 5.10. The molecule has 0 saturated carbocycles. The van der Waals surface area contributed by atoms with Crippen molar-refractivity contribution in [2.24, 2.45) is 10.9 Å². The fourth-order valence-electron chi connectivity index (χ4n) is 1.09. The molecule has 0 atom stereocenters. The van der Waals surface area contributed by atoms with Crippen LogP contribution in [-0.2, 0) is 6.54 Å². The van der Waals surface area contributed by atoms with Crippen molar-refractivity contribution >= 4 is 5.84 Å². The minimum Gasteiger partial charge on any atom is -0.409 e. The number of rotatable bonds is 6. The Morgan fingerprint density at radius 1 is 1.60 bits per heavy atom. The number of nitrogens with two attached hydrogens (primary N) is 1. The van der Waals surface area contributed by atoms with Crippen molar-refractivity contribution in [1.29, 1.82) is 0 Å². The number of aromatic nitrogens is 2. The summed E-state index contributed by atoms with van der Waals surface area (Å²) in [7, 11) is 0. The number of amidine groups is 1. The van der Waals surface area contributed by atoms with Crippen molar-refractivity contribution in [3.8, 4) is 0 Å². The molecule has 82 valence electrons. The summed E-state index contributed by atoms with van der Waals surface area (Å²) in [6.07, 6.45) is 3.06. The van der Waals surface area contributed by atoms with Gasteiger partial charge in [0, 0.05) is 19.2 Å². The average molecular weight is 209 g/mol. The van der Waals surface area contributed by atoms with E-state index >= 15 is 0 Å². The Morgan fingerprint density at radius 3 is 3.13 bits per heavy atom. The lowest BCUT2D eigenvalue weighted by molar-refractivity contribution is 0.316. The molecule has 0 radical (unpaired) electrons. The third-order valence-electron chi connectivity index (χ3n) is 1.85. The van der Waals surface area contributed by atoms with Crippen molar-refractivity contribution in [2.75, 3.05) is 6.54 Å². The molecule has 1 rings (SSSR count). The van der Waals surface area contributed by atoms with Gasteiger partial charge in [-0.25, -0.2) is 0 Å². The van der Waals surface area contributed by atoms with E-state index in [0.29, 0.717) is 13.0 Å². The second kappa shape index (κ2) is 6.72. The monoisotopic (exact) mass is 209 g/mol. The van der Waals surface area contributed by atoms with Crippen LogP contribution < -0.4 is 11.1 Å². The van der Waals surface area contributed by atoms with Crippen LogP contribution in [0.3, 0.4) is 0 Å². The van der Waals surface area contributed by atoms with Gasteiger partial charge in [0.2, 0.25) is 0 Å². The standard InChI is InChI=1S/C9H15N5O/c10-9(14-15)4-2-5-11-7-8-3-1-6-12-13-8/h1,3,6,11,15H,2,4-5,7H2,(H2,10,14). The Balaban J connectivity index is 2.08. The fourth-order valence-corrected chi connectivity index (χ4v) is 1.09. The Labute approximate surface area is 88.2 Å². The van der Waals surface area contributed by atoms with Crippen LogP contribution in [-0.4, -0.2) is 27.8 Å². The van der Waals surface area contributed by atoms with Gasteiger partial charge in [0.15, 0.2) is 0 Å². The Hall–Kier alpha value is -1.69. The van der Waals surface area contributed by atoms with Crippen LogP contribution in [0.2, 0.25) is 0 Å². The van der Waals surface area contributed by atoms with E-state index in [4.69, 9.17) is 10.9 Å². The zero-order valence-corrected chi connectivity index (χ0v) is 8.43. The first-order valence-electron chi connectivity index (χ1n) is 4.76. The normalized spacial score (nSPS) is 11.6. The first kappa shape index (κ1) is 11.4. The summed E-state index contributed by atoms with van der Waals surface area (Å²) >= 11 is 0. The summed E-state index contributed by atoms with van der Waals surface area (Å²) < 4.78 is 0. The van der Waals surface area contributed by atoms with Gasteiger partial charge in [0.25, 0.3) is 0 Å². The van der Waals surface area contributed by atoms with E-state index in [0.717, 1.165) is 18.7 Å².